The highest BCUT2D eigenvalue weighted by molar-refractivity contribution is 7.98. The minimum absolute atomic E-state index is 0.0440. The van der Waals surface area contributed by atoms with E-state index in [2.05, 4.69) is 41.4 Å². The SMILES string of the molecule is COc1ccc(CSc2nc(Cc3cccc4ccccc34)c(C(C)C)c(=O)[nH]2)cc1. The predicted octanol–water partition coefficient (Wildman–Crippen LogP) is 5.94. The van der Waals surface area contributed by atoms with E-state index in [1.54, 1.807) is 18.9 Å². The van der Waals surface area contributed by atoms with Crippen LogP contribution in [0.2, 0.25) is 0 Å². The number of fused-ring (bicyclic) bond motifs is 1. The lowest BCUT2D eigenvalue weighted by Crippen LogP contribution is -2.20. The molecule has 158 valence electrons. The fourth-order valence-electron chi connectivity index (χ4n) is 3.81. The van der Waals surface area contributed by atoms with Crippen LogP contribution in [0.4, 0.5) is 0 Å². The molecule has 1 aromatic heterocycles. The number of rotatable bonds is 7. The van der Waals surface area contributed by atoms with Gasteiger partial charge in [-0.25, -0.2) is 4.98 Å². The summed E-state index contributed by atoms with van der Waals surface area (Å²) in [6, 6.07) is 22.6. The van der Waals surface area contributed by atoms with Gasteiger partial charge in [0.05, 0.1) is 12.8 Å². The smallest absolute Gasteiger partial charge is 0.255 e. The molecule has 1 heterocycles. The molecule has 3 aromatic carbocycles. The van der Waals surface area contributed by atoms with Crippen molar-refractivity contribution in [2.75, 3.05) is 7.11 Å². The number of nitrogens with one attached hydrogen (secondary N) is 1. The summed E-state index contributed by atoms with van der Waals surface area (Å²) in [5, 5.41) is 3.06. The first-order valence-electron chi connectivity index (χ1n) is 10.4. The molecule has 0 saturated carbocycles. The molecule has 0 bridgehead atoms. The number of hydrogen-bond acceptors (Lipinski definition) is 4. The largest absolute Gasteiger partial charge is 0.497 e. The topological polar surface area (TPSA) is 55.0 Å². The maximum atomic E-state index is 12.9. The fourth-order valence-corrected chi connectivity index (χ4v) is 4.64. The second-order valence-corrected chi connectivity index (χ2v) is 8.80. The summed E-state index contributed by atoms with van der Waals surface area (Å²) in [5.74, 6) is 1.66. The second kappa shape index (κ2) is 9.40. The first kappa shape index (κ1) is 21.2. The van der Waals surface area contributed by atoms with Gasteiger partial charge in [-0.3, -0.25) is 4.79 Å². The van der Waals surface area contributed by atoms with E-state index in [-0.39, 0.29) is 11.5 Å². The minimum Gasteiger partial charge on any atom is -0.497 e. The molecular weight excluding hydrogens is 404 g/mol. The zero-order valence-corrected chi connectivity index (χ0v) is 18.8. The van der Waals surface area contributed by atoms with Crippen molar-refractivity contribution in [1.29, 1.82) is 0 Å². The molecule has 0 aliphatic rings. The lowest BCUT2D eigenvalue weighted by atomic mass is 9.95. The van der Waals surface area contributed by atoms with Gasteiger partial charge in [0.1, 0.15) is 5.75 Å². The first-order valence-corrected chi connectivity index (χ1v) is 11.4. The Kier molecular flexibility index (Phi) is 6.42. The maximum absolute atomic E-state index is 12.9. The molecular formula is C26H26N2O2S. The Morgan fingerprint density at radius 3 is 2.48 bits per heavy atom. The lowest BCUT2D eigenvalue weighted by Gasteiger charge is -2.14. The second-order valence-electron chi connectivity index (χ2n) is 7.84. The third kappa shape index (κ3) is 4.83. The number of aromatic nitrogens is 2. The van der Waals surface area contributed by atoms with Crippen LogP contribution < -0.4 is 10.3 Å². The lowest BCUT2D eigenvalue weighted by molar-refractivity contribution is 0.414. The predicted molar refractivity (Wildman–Crippen MR) is 128 cm³/mol. The number of thioether (sulfide) groups is 1. The van der Waals surface area contributed by atoms with Crippen molar-refractivity contribution < 1.29 is 4.74 Å². The molecule has 0 aliphatic carbocycles. The van der Waals surface area contributed by atoms with Gasteiger partial charge in [-0.05, 0) is 39.9 Å². The highest BCUT2D eigenvalue weighted by Crippen LogP contribution is 2.26. The van der Waals surface area contributed by atoms with Crippen LogP contribution in [0, 0.1) is 0 Å². The highest BCUT2D eigenvalue weighted by Gasteiger charge is 2.16. The number of H-pyrrole nitrogens is 1. The van der Waals surface area contributed by atoms with Gasteiger partial charge in [0.2, 0.25) is 0 Å². The Bertz CT molecular complexity index is 1240. The number of nitrogens with zero attached hydrogens (tertiary/aromatic N) is 1. The van der Waals surface area contributed by atoms with Crippen LogP contribution in [0.5, 0.6) is 5.75 Å². The molecule has 0 fully saturated rings. The van der Waals surface area contributed by atoms with Crippen LogP contribution in [0.25, 0.3) is 10.8 Å². The molecule has 0 unspecified atom stereocenters. The minimum atomic E-state index is -0.0440. The number of benzene rings is 3. The Labute approximate surface area is 186 Å². The first-order chi connectivity index (χ1) is 15.0. The molecule has 0 radical (unpaired) electrons. The summed E-state index contributed by atoms with van der Waals surface area (Å²) in [6.45, 7) is 4.09. The molecule has 4 nitrogen and oxygen atoms in total. The molecule has 1 N–H and O–H groups in total. The zero-order valence-electron chi connectivity index (χ0n) is 18.0. The Morgan fingerprint density at radius 1 is 1.00 bits per heavy atom. The Morgan fingerprint density at radius 2 is 1.74 bits per heavy atom. The number of aromatic amines is 1. The number of hydrogen-bond donors (Lipinski definition) is 1. The summed E-state index contributed by atoms with van der Waals surface area (Å²) < 4.78 is 5.22. The van der Waals surface area contributed by atoms with Crippen LogP contribution in [-0.2, 0) is 12.2 Å². The van der Waals surface area contributed by atoms with Crippen LogP contribution in [0.3, 0.4) is 0 Å². The number of ether oxygens (including phenoxy) is 1. The van der Waals surface area contributed by atoms with Crippen molar-refractivity contribution in [3.63, 3.8) is 0 Å². The van der Waals surface area contributed by atoms with E-state index in [0.717, 1.165) is 28.3 Å². The molecule has 0 amide bonds. The van der Waals surface area contributed by atoms with E-state index in [0.29, 0.717) is 11.6 Å². The van der Waals surface area contributed by atoms with Gasteiger partial charge in [0.25, 0.3) is 5.56 Å². The molecule has 4 aromatic rings. The number of methoxy groups -OCH3 is 1. The Balaban J connectivity index is 1.65. The molecule has 0 atom stereocenters. The van der Waals surface area contributed by atoms with Crippen LogP contribution in [-0.4, -0.2) is 17.1 Å². The van der Waals surface area contributed by atoms with Crippen LogP contribution in [0.1, 0.15) is 42.1 Å². The Hall–Kier alpha value is -3.05. The van der Waals surface area contributed by atoms with E-state index < -0.39 is 0 Å². The van der Waals surface area contributed by atoms with Crippen molar-refractivity contribution >= 4 is 22.5 Å². The third-order valence-electron chi connectivity index (χ3n) is 5.36. The molecule has 4 rings (SSSR count). The van der Waals surface area contributed by atoms with Crippen molar-refractivity contribution in [2.45, 2.75) is 37.1 Å². The van der Waals surface area contributed by atoms with E-state index in [1.165, 1.54) is 16.3 Å². The standard InChI is InChI=1S/C26H26N2O2S/c1-17(2)24-23(15-20-9-6-8-19-7-4-5-10-22(19)20)27-26(28-25(24)29)31-16-18-11-13-21(30-3)14-12-18/h4-14,17H,15-16H2,1-3H3,(H,27,28,29). The van der Waals surface area contributed by atoms with E-state index in [4.69, 9.17) is 9.72 Å². The summed E-state index contributed by atoms with van der Waals surface area (Å²) in [6.07, 6.45) is 0.634. The van der Waals surface area contributed by atoms with Gasteiger partial charge < -0.3 is 9.72 Å². The summed E-state index contributed by atoms with van der Waals surface area (Å²) in [5.41, 5.74) is 3.91. The van der Waals surface area contributed by atoms with Gasteiger partial charge in [0.15, 0.2) is 5.16 Å². The van der Waals surface area contributed by atoms with Gasteiger partial charge in [-0.15, -0.1) is 0 Å². The molecule has 0 spiro atoms. The quantitative estimate of drug-likeness (QED) is 0.291. The van der Waals surface area contributed by atoms with E-state index in [1.807, 2.05) is 44.2 Å². The summed E-state index contributed by atoms with van der Waals surface area (Å²) >= 11 is 1.54. The highest BCUT2D eigenvalue weighted by atomic mass is 32.2. The van der Waals surface area contributed by atoms with Crippen LogP contribution in [0.15, 0.2) is 76.7 Å². The van der Waals surface area contributed by atoms with Crippen molar-refractivity contribution in [2.24, 2.45) is 0 Å². The van der Waals surface area contributed by atoms with Crippen molar-refractivity contribution in [3.8, 4) is 5.75 Å². The van der Waals surface area contributed by atoms with Crippen LogP contribution >= 0.6 is 11.8 Å². The van der Waals surface area contributed by atoms with Crippen molar-refractivity contribution in [3.05, 3.63) is 99.5 Å². The average molecular weight is 431 g/mol. The van der Waals surface area contributed by atoms with E-state index >= 15 is 0 Å². The molecule has 0 aliphatic heterocycles. The zero-order chi connectivity index (χ0) is 21.8. The fraction of sp³-hybridized carbons (Fsp3) is 0.231. The molecule has 5 heteroatoms. The van der Waals surface area contributed by atoms with Gasteiger partial charge in [-0.2, -0.15) is 0 Å². The maximum Gasteiger partial charge on any atom is 0.255 e. The monoisotopic (exact) mass is 430 g/mol. The van der Waals surface area contributed by atoms with Gasteiger partial charge >= 0.3 is 0 Å². The van der Waals surface area contributed by atoms with E-state index in [9.17, 15) is 4.79 Å². The summed E-state index contributed by atoms with van der Waals surface area (Å²) in [7, 11) is 1.66. The third-order valence-corrected chi connectivity index (χ3v) is 6.31. The normalized spacial score (nSPS) is 11.2. The molecule has 0 saturated heterocycles. The van der Waals surface area contributed by atoms with Gasteiger partial charge in [-0.1, -0.05) is 80.2 Å². The summed E-state index contributed by atoms with van der Waals surface area (Å²) in [4.78, 5) is 20.8. The average Bonchev–Trinajstić information content (AvgIpc) is 2.78. The van der Waals surface area contributed by atoms with Crippen molar-refractivity contribution in [1.82, 2.24) is 9.97 Å². The van der Waals surface area contributed by atoms with Gasteiger partial charge in [0, 0.05) is 17.7 Å². The molecule has 31 heavy (non-hydrogen) atoms.